The molecular formula is C30H33BrFN3O5. The Morgan fingerprint density at radius 2 is 1.60 bits per heavy atom. The van der Waals surface area contributed by atoms with Gasteiger partial charge in [0.05, 0.1) is 34.0 Å². The quantitative estimate of drug-likeness (QED) is 0.236. The summed E-state index contributed by atoms with van der Waals surface area (Å²) in [5.74, 6) is -0.447. The Morgan fingerprint density at radius 1 is 0.900 bits per heavy atom. The summed E-state index contributed by atoms with van der Waals surface area (Å²) >= 11 is 3.54. The Bertz CT molecular complexity index is 1480. The minimum absolute atomic E-state index is 0.0964. The Balaban J connectivity index is 2.09. The molecule has 0 aliphatic carbocycles. The lowest BCUT2D eigenvalue weighted by Gasteiger charge is -2.39. The smallest absolute Gasteiger partial charge is 0.217 e. The first-order valence-corrected chi connectivity index (χ1v) is 13.4. The Labute approximate surface area is 241 Å². The number of aliphatic hydroxyl groups is 1. The van der Waals surface area contributed by atoms with Gasteiger partial charge in [-0.15, -0.1) is 0 Å². The fourth-order valence-corrected chi connectivity index (χ4v) is 5.26. The van der Waals surface area contributed by atoms with Crippen molar-refractivity contribution < 1.29 is 28.4 Å². The maximum atomic E-state index is 15.2. The maximum Gasteiger partial charge on any atom is 0.217 e. The Hall–Kier alpha value is -3.47. The molecule has 4 aromatic rings. The molecule has 0 aliphatic rings. The van der Waals surface area contributed by atoms with Crippen LogP contribution < -0.4 is 18.9 Å². The van der Waals surface area contributed by atoms with Crippen molar-refractivity contribution in [3.63, 3.8) is 0 Å². The van der Waals surface area contributed by atoms with Gasteiger partial charge in [0.1, 0.15) is 5.60 Å². The fraction of sp³-hybridized carbons (Fsp3) is 0.333. The van der Waals surface area contributed by atoms with E-state index in [0.29, 0.717) is 34.6 Å². The van der Waals surface area contributed by atoms with Crippen LogP contribution >= 0.6 is 15.9 Å². The zero-order valence-electron chi connectivity index (χ0n) is 23.4. The van der Waals surface area contributed by atoms with E-state index in [0.717, 1.165) is 9.86 Å². The van der Waals surface area contributed by atoms with Gasteiger partial charge < -0.3 is 29.0 Å². The van der Waals surface area contributed by atoms with Gasteiger partial charge in [0.15, 0.2) is 11.6 Å². The molecule has 212 valence electrons. The van der Waals surface area contributed by atoms with Crippen LogP contribution in [0.25, 0.3) is 10.9 Å². The van der Waals surface area contributed by atoms with Crippen molar-refractivity contribution in [2.24, 2.45) is 0 Å². The number of ether oxygens (including phenoxy) is 4. The van der Waals surface area contributed by atoms with Crippen LogP contribution in [0.15, 0.2) is 59.1 Å². The molecule has 0 amide bonds. The van der Waals surface area contributed by atoms with Crippen LogP contribution in [0.4, 0.5) is 4.39 Å². The van der Waals surface area contributed by atoms with Gasteiger partial charge in [-0.2, -0.15) is 4.98 Å². The molecule has 2 aromatic heterocycles. The maximum absolute atomic E-state index is 15.2. The molecule has 0 saturated heterocycles. The van der Waals surface area contributed by atoms with E-state index in [4.69, 9.17) is 23.9 Å². The Morgan fingerprint density at radius 3 is 2.17 bits per heavy atom. The van der Waals surface area contributed by atoms with Crippen molar-refractivity contribution in [2.45, 2.75) is 17.9 Å². The number of benzene rings is 2. The largest absolute Gasteiger partial charge is 0.494 e. The second kappa shape index (κ2) is 12.4. The van der Waals surface area contributed by atoms with E-state index in [9.17, 15) is 5.11 Å². The number of methoxy groups -OCH3 is 4. The highest BCUT2D eigenvalue weighted by molar-refractivity contribution is 9.10. The van der Waals surface area contributed by atoms with Crippen LogP contribution in [0.3, 0.4) is 0 Å². The molecule has 2 heterocycles. The minimum atomic E-state index is -1.62. The summed E-state index contributed by atoms with van der Waals surface area (Å²) < 4.78 is 38.0. The second-order valence-electron chi connectivity index (χ2n) is 9.67. The minimum Gasteiger partial charge on any atom is -0.494 e. The van der Waals surface area contributed by atoms with Crippen molar-refractivity contribution in [1.29, 1.82) is 0 Å². The predicted octanol–water partition coefficient (Wildman–Crippen LogP) is 5.54. The number of nitrogens with zero attached hydrogens (tertiary/aromatic N) is 3. The van der Waals surface area contributed by atoms with Crippen LogP contribution in [0.1, 0.15) is 29.0 Å². The molecule has 0 spiro atoms. The standard InChI is InChI=1S/C30H33BrFN3O5/c1-35(2)12-11-30(36,20-16-26(38-4)34-27(17-20)39-5)28(18-7-10-25(37-3)23(32)15-18)22-14-19-13-21(31)8-9-24(19)33-29(22)40-6/h7-10,13-17,28,36H,11-12H2,1-6H3/t28-,30-/m1/s1. The molecule has 0 saturated carbocycles. The van der Waals surface area contributed by atoms with E-state index in [1.165, 1.54) is 34.5 Å². The van der Waals surface area contributed by atoms with Gasteiger partial charge in [0.2, 0.25) is 17.6 Å². The molecule has 2 atom stereocenters. The summed E-state index contributed by atoms with van der Waals surface area (Å²) in [5.41, 5.74) is 0.657. The highest BCUT2D eigenvalue weighted by Gasteiger charge is 2.43. The normalized spacial score (nSPS) is 13.7. The number of fused-ring (bicyclic) bond motifs is 1. The molecule has 40 heavy (non-hydrogen) atoms. The van der Waals surface area contributed by atoms with Crippen LogP contribution in [-0.2, 0) is 5.60 Å². The summed E-state index contributed by atoms with van der Waals surface area (Å²) in [4.78, 5) is 11.1. The molecule has 0 unspecified atom stereocenters. The van der Waals surface area contributed by atoms with Crippen molar-refractivity contribution in [3.8, 4) is 23.4 Å². The first-order chi connectivity index (χ1) is 19.1. The number of rotatable bonds is 11. The van der Waals surface area contributed by atoms with Crippen molar-refractivity contribution >= 4 is 26.8 Å². The molecule has 0 aliphatic heterocycles. The average Bonchev–Trinajstić information content (AvgIpc) is 2.95. The number of halogens is 2. The number of hydrogen-bond donors (Lipinski definition) is 1. The molecular weight excluding hydrogens is 581 g/mol. The third kappa shape index (κ3) is 5.99. The molecule has 0 radical (unpaired) electrons. The number of pyridine rings is 2. The Kier molecular flexibility index (Phi) is 9.12. The zero-order chi connectivity index (χ0) is 29.0. The van der Waals surface area contributed by atoms with Gasteiger partial charge in [-0.25, -0.2) is 9.37 Å². The SMILES string of the molecule is COc1cc([C@](O)(CCN(C)C)[C@H](c2ccc(OC)c(F)c2)c2cc3cc(Br)ccc3nc2OC)cc(OC)n1. The monoisotopic (exact) mass is 613 g/mol. The van der Waals surface area contributed by atoms with Crippen molar-refractivity contribution in [2.75, 3.05) is 49.1 Å². The van der Waals surface area contributed by atoms with E-state index in [-0.39, 0.29) is 23.9 Å². The summed E-state index contributed by atoms with van der Waals surface area (Å²) in [6.07, 6.45) is 0.258. The second-order valence-corrected chi connectivity index (χ2v) is 10.6. The molecule has 0 fully saturated rings. The summed E-state index contributed by atoms with van der Waals surface area (Å²) in [6, 6.07) is 15.7. The van der Waals surface area contributed by atoms with Crippen LogP contribution in [-0.4, -0.2) is 69.1 Å². The summed E-state index contributed by atoms with van der Waals surface area (Å²) in [7, 11) is 9.77. The summed E-state index contributed by atoms with van der Waals surface area (Å²) in [6.45, 7) is 0.507. The van der Waals surface area contributed by atoms with E-state index in [1.54, 1.807) is 24.3 Å². The van der Waals surface area contributed by atoms with Crippen molar-refractivity contribution in [1.82, 2.24) is 14.9 Å². The lowest BCUT2D eigenvalue weighted by molar-refractivity contribution is 0.00323. The first kappa shape index (κ1) is 29.5. The van der Waals surface area contributed by atoms with Gasteiger partial charge in [0, 0.05) is 40.0 Å². The van der Waals surface area contributed by atoms with Crippen LogP contribution in [0.5, 0.6) is 23.4 Å². The average molecular weight is 615 g/mol. The molecule has 2 aromatic carbocycles. The first-order valence-electron chi connectivity index (χ1n) is 12.6. The lowest BCUT2D eigenvalue weighted by Crippen LogP contribution is -2.38. The topological polar surface area (TPSA) is 86.2 Å². The summed E-state index contributed by atoms with van der Waals surface area (Å²) in [5, 5.41) is 13.7. The molecule has 1 N–H and O–H groups in total. The number of hydrogen-bond acceptors (Lipinski definition) is 8. The zero-order valence-corrected chi connectivity index (χ0v) is 25.0. The third-order valence-corrected chi connectivity index (χ3v) is 7.39. The molecule has 8 nitrogen and oxygen atoms in total. The van der Waals surface area contributed by atoms with E-state index in [1.807, 2.05) is 43.3 Å². The van der Waals surface area contributed by atoms with Gasteiger partial charge in [-0.05, 0) is 68.0 Å². The van der Waals surface area contributed by atoms with Gasteiger partial charge >= 0.3 is 0 Å². The highest BCUT2D eigenvalue weighted by Crippen LogP contribution is 2.49. The third-order valence-electron chi connectivity index (χ3n) is 6.90. The van der Waals surface area contributed by atoms with E-state index < -0.39 is 17.3 Å². The van der Waals surface area contributed by atoms with Crippen molar-refractivity contribution in [3.05, 3.63) is 81.6 Å². The van der Waals surface area contributed by atoms with Crippen LogP contribution in [0.2, 0.25) is 0 Å². The lowest BCUT2D eigenvalue weighted by atomic mass is 9.71. The van der Waals surface area contributed by atoms with Gasteiger partial charge in [-0.3, -0.25) is 0 Å². The molecule has 0 bridgehead atoms. The fourth-order valence-electron chi connectivity index (χ4n) is 4.88. The van der Waals surface area contributed by atoms with Crippen LogP contribution in [0, 0.1) is 5.82 Å². The van der Waals surface area contributed by atoms with E-state index >= 15 is 4.39 Å². The predicted molar refractivity (Wildman–Crippen MR) is 155 cm³/mol. The highest BCUT2D eigenvalue weighted by atomic mass is 79.9. The molecule has 4 rings (SSSR count). The number of aromatic nitrogens is 2. The van der Waals surface area contributed by atoms with Gasteiger partial charge in [0.25, 0.3) is 0 Å². The van der Waals surface area contributed by atoms with E-state index in [2.05, 4.69) is 20.9 Å². The molecule has 10 heteroatoms. The van der Waals surface area contributed by atoms with Gasteiger partial charge in [-0.1, -0.05) is 22.0 Å².